The van der Waals surface area contributed by atoms with Crippen molar-refractivity contribution in [2.24, 2.45) is 0 Å². The molecule has 2 rings (SSSR count). The number of thiophene rings is 1. The molecule has 0 unspecified atom stereocenters. The molecule has 0 radical (unpaired) electrons. The van der Waals surface area contributed by atoms with Crippen LogP contribution in [0.15, 0.2) is 30.2 Å². The average molecular weight is 330 g/mol. The normalized spacial score (nSPS) is 24.3. The van der Waals surface area contributed by atoms with Crippen molar-refractivity contribution in [2.45, 2.75) is 32.5 Å². The van der Waals surface area contributed by atoms with Gasteiger partial charge in [-0.05, 0) is 25.3 Å². The molecule has 1 aromatic rings. The van der Waals surface area contributed by atoms with Crippen molar-refractivity contribution in [3.8, 4) is 0 Å². The van der Waals surface area contributed by atoms with E-state index >= 15 is 0 Å². The van der Waals surface area contributed by atoms with Gasteiger partial charge in [-0.3, -0.25) is 0 Å². The molecule has 21 heavy (non-hydrogen) atoms. The highest BCUT2D eigenvalue weighted by molar-refractivity contribution is 7.86. The summed E-state index contributed by atoms with van der Waals surface area (Å²) in [6.45, 7) is 8.95. The number of morpholine rings is 1. The van der Waals surface area contributed by atoms with Gasteiger partial charge in [0.2, 0.25) is 0 Å². The Kier molecular flexibility index (Phi) is 5.56. The van der Waals surface area contributed by atoms with E-state index in [0.717, 1.165) is 4.88 Å². The topological polar surface area (TPSA) is 49.9 Å². The van der Waals surface area contributed by atoms with Crippen LogP contribution in [0, 0.1) is 0 Å². The van der Waals surface area contributed by atoms with Gasteiger partial charge in [0.25, 0.3) is 10.2 Å². The van der Waals surface area contributed by atoms with Crippen LogP contribution in [0.5, 0.6) is 0 Å². The molecule has 0 spiro atoms. The minimum absolute atomic E-state index is 0.0803. The van der Waals surface area contributed by atoms with Crippen LogP contribution in [0.3, 0.4) is 0 Å². The summed E-state index contributed by atoms with van der Waals surface area (Å²) in [6.07, 6.45) is 1.54. The Labute approximate surface area is 131 Å². The van der Waals surface area contributed by atoms with Gasteiger partial charge >= 0.3 is 0 Å². The first kappa shape index (κ1) is 16.6. The van der Waals surface area contributed by atoms with Gasteiger partial charge in [-0.25, -0.2) is 0 Å². The summed E-state index contributed by atoms with van der Waals surface area (Å²) in [5.41, 5.74) is 0. The SMILES string of the molecule is C=CCN(Cc1cccs1)S(=O)(=O)N1C[C@H](C)OC[C@H]1C. The molecule has 5 nitrogen and oxygen atoms in total. The Hall–Kier alpha value is -0.730. The summed E-state index contributed by atoms with van der Waals surface area (Å²) < 4.78 is 34.4. The van der Waals surface area contributed by atoms with E-state index in [-0.39, 0.29) is 12.1 Å². The molecule has 0 aromatic carbocycles. The number of hydrogen-bond donors (Lipinski definition) is 0. The van der Waals surface area contributed by atoms with Gasteiger partial charge < -0.3 is 4.74 Å². The largest absolute Gasteiger partial charge is 0.375 e. The molecule has 1 saturated heterocycles. The zero-order valence-electron chi connectivity index (χ0n) is 12.4. The monoisotopic (exact) mass is 330 g/mol. The van der Waals surface area contributed by atoms with Crippen LogP contribution in [0.25, 0.3) is 0 Å². The molecule has 2 heterocycles. The van der Waals surface area contributed by atoms with Crippen LogP contribution in [0.4, 0.5) is 0 Å². The lowest BCUT2D eigenvalue weighted by molar-refractivity contribution is -0.0190. The standard InChI is InChI=1S/C14H22N2O3S2/c1-4-7-15(10-14-6-5-8-20-14)21(17,18)16-9-13(3)19-11-12(16)2/h4-6,8,12-13H,1,7,9-11H2,2-3H3/t12-,13+/m1/s1. The van der Waals surface area contributed by atoms with Crippen molar-refractivity contribution >= 4 is 21.5 Å². The molecule has 0 bridgehead atoms. The summed E-state index contributed by atoms with van der Waals surface area (Å²) in [6, 6.07) is 3.72. The lowest BCUT2D eigenvalue weighted by Gasteiger charge is -2.38. The van der Waals surface area contributed by atoms with E-state index in [2.05, 4.69) is 6.58 Å². The van der Waals surface area contributed by atoms with Crippen molar-refractivity contribution in [1.82, 2.24) is 8.61 Å². The maximum absolute atomic E-state index is 12.9. The molecule has 0 amide bonds. The summed E-state index contributed by atoms with van der Waals surface area (Å²) in [4.78, 5) is 1.02. The van der Waals surface area contributed by atoms with Crippen LogP contribution in [0.2, 0.25) is 0 Å². The number of nitrogens with zero attached hydrogens (tertiary/aromatic N) is 2. The minimum Gasteiger partial charge on any atom is -0.375 e. The summed E-state index contributed by atoms with van der Waals surface area (Å²) in [5, 5.41) is 1.95. The summed E-state index contributed by atoms with van der Waals surface area (Å²) >= 11 is 1.56. The van der Waals surface area contributed by atoms with E-state index in [1.54, 1.807) is 17.4 Å². The van der Waals surface area contributed by atoms with Gasteiger partial charge in [0, 0.05) is 30.6 Å². The third kappa shape index (κ3) is 3.92. The van der Waals surface area contributed by atoms with Crippen LogP contribution >= 0.6 is 11.3 Å². The fraction of sp³-hybridized carbons (Fsp3) is 0.571. The first-order valence-electron chi connectivity index (χ1n) is 6.97. The Morgan fingerprint density at radius 2 is 2.33 bits per heavy atom. The van der Waals surface area contributed by atoms with E-state index in [1.165, 1.54) is 8.61 Å². The van der Waals surface area contributed by atoms with Gasteiger partial charge in [-0.15, -0.1) is 17.9 Å². The second-order valence-corrected chi connectivity index (χ2v) is 8.14. The molecular weight excluding hydrogens is 308 g/mol. The van der Waals surface area contributed by atoms with Crippen molar-refractivity contribution in [1.29, 1.82) is 0 Å². The molecular formula is C14H22N2O3S2. The Balaban J connectivity index is 2.21. The van der Waals surface area contributed by atoms with Gasteiger partial charge in [0.05, 0.1) is 12.7 Å². The highest BCUT2D eigenvalue weighted by atomic mass is 32.2. The van der Waals surface area contributed by atoms with Crippen molar-refractivity contribution < 1.29 is 13.2 Å². The fourth-order valence-electron chi connectivity index (χ4n) is 2.30. The van der Waals surface area contributed by atoms with E-state index in [4.69, 9.17) is 4.74 Å². The quantitative estimate of drug-likeness (QED) is 0.751. The summed E-state index contributed by atoms with van der Waals surface area (Å²) in [7, 11) is -3.52. The van der Waals surface area contributed by atoms with Crippen LogP contribution in [0.1, 0.15) is 18.7 Å². The predicted molar refractivity (Wildman–Crippen MR) is 85.4 cm³/mol. The maximum atomic E-state index is 12.9. The van der Waals surface area contributed by atoms with Gasteiger partial charge in [-0.2, -0.15) is 17.0 Å². The molecule has 1 aliphatic rings. The number of hydrogen-bond acceptors (Lipinski definition) is 4. The molecule has 1 fully saturated rings. The molecule has 118 valence electrons. The minimum atomic E-state index is -3.52. The zero-order chi connectivity index (χ0) is 15.5. The lowest BCUT2D eigenvalue weighted by atomic mass is 10.2. The molecule has 7 heteroatoms. The fourth-order valence-corrected chi connectivity index (χ4v) is 4.91. The highest BCUT2D eigenvalue weighted by Gasteiger charge is 2.36. The van der Waals surface area contributed by atoms with Gasteiger partial charge in [-0.1, -0.05) is 12.1 Å². The predicted octanol–water partition coefficient (Wildman–Crippen LogP) is 2.09. The second kappa shape index (κ2) is 7.02. The Morgan fingerprint density at radius 3 is 2.95 bits per heavy atom. The second-order valence-electron chi connectivity index (χ2n) is 5.23. The van der Waals surface area contributed by atoms with E-state index in [9.17, 15) is 8.42 Å². The van der Waals surface area contributed by atoms with Crippen LogP contribution in [-0.4, -0.2) is 48.9 Å². The van der Waals surface area contributed by atoms with Crippen LogP contribution in [-0.2, 0) is 21.5 Å². The van der Waals surface area contributed by atoms with Gasteiger partial charge in [0.15, 0.2) is 0 Å². The maximum Gasteiger partial charge on any atom is 0.283 e. The van der Waals surface area contributed by atoms with E-state index in [1.807, 2.05) is 31.4 Å². The zero-order valence-corrected chi connectivity index (χ0v) is 14.1. The first-order chi connectivity index (χ1) is 9.95. The average Bonchev–Trinajstić information content (AvgIpc) is 2.94. The molecule has 1 aromatic heterocycles. The highest BCUT2D eigenvalue weighted by Crippen LogP contribution is 2.22. The van der Waals surface area contributed by atoms with Crippen LogP contribution < -0.4 is 0 Å². The molecule has 0 aliphatic carbocycles. The molecule has 1 aliphatic heterocycles. The van der Waals surface area contributed by atoms with E-state index < -0.39 is 10.2 Å². The first-order valence-corrected chi connectivity index (χ1v) is 9.24. The van der Waals surface area contributed by atoms with Crippen molar-refractivity contribution in [2.75, 3.05) is 19.7 Å². The number of ether oxygens (including phenoxy) is 1. The van der Waals surface area contributed by atoms with Crippen molar-refractivity contribution in [3.05, 3.63) is 35.0 Å². The molecule has 0 N–H and O–H groups in total. The molecule has 2 atom stereocenters. The third-order valence-corrected chi connectivity index (χ3v) is 6.31. The Morgan fingerprint density at radius 1 is 1.57 bits per heavy atom. The number of rotatable bonds is 6. The molecule has 0 saturated carbocycles. The van der Waals surface area contributed by atoms with E-state index in [0.29, 0.717) is 26.2 Å². The van der Waals surface area contributed by atoms with Crippen molar-refractivity contribution in [3.63, 3.8) is 0 Å². The lowest BCUT2D eigenvalue weighted by Crippen LogP contribution is -2.54. The third-order valence-electron chi connectivity index (χ3n) is 3.42. The van der Waals surface area contributed by atoms with Gasteiger partial charge in [0.1, 0.15) is 0 Å². The Bertz CT molecular complexity index is 557. The summed E-state index contributed by atoms with van der Waals surface area (Å²) in [5.74, 6) is 0. The smallest absolute Gasteiger partial charge is 0.283 e.